The van der Waals surface area contributed by atoms with Crippen LogP contribution in [0.25, 0.3) is 0 Å². The zero-order chi connectivity index (χ0) is 22.6. The molecule has 0 saturated heterocycles. The lowest BCUT2D eigenvalue weighted by Crippen LogP contribution is -2.14. The molecule has 160 valence electrons. The van der Waals surface area contributed by atoms with Crippen LogP contribution >= 0.6 is 0 Å². The van der Waals surface area contributed by atoms with Crippen LogP contribution in [0.2, 0.25) is 0 Å². The second kappa shape index (κ2) is 9.08. The summed E-state index contributed by atoms with van der Waals surface area (Å²) in [5, 5.41) is 3.22. The van der Waals surface area contributed by atoms with Crippen molar-refractivity contribution in [2.75, 3.05) is 10.0 Å². The van der Waals surface area contributed by atoms with E-state index in [0.29, 0.717) is 22.5 Å². The van der Waals surface area contributed by atoms with E-state index in [1.165, 1.54) is 0 Å². The second-order valence-electron chi connectivity index (χ2n) is 7.36. The predicted octanol–water partition coefficient (Wildman–Crippen LogP) is 5.77. The molecule has 4 aromatic rings. The summed E-state index contributed by atoms with van der Waals surface area (Å²) in [4.78, 5) is 12.8. The molecule has 0 spiro atoms. The van der Waals surface area contributed by atoms with Crippen LogP contribution < -0.4 is 10.0 Å². The van der Waals surface area contributed by atoms with Crippen molar-refractivity contribution in [3.63, 3.8) is 0 Å². The number of nitrogens with one attached hydrogen (secondary N) is 2. The number of benzene rings is 4. The van der Waals surface area contributed by atoms with Gasteiger partial charge in [0.25, 0.3) is 10.0 Å². The van der Waals surface area contributed by atoms with Crippen LogP contribution in [0.4, 0.5) is 17.1 Å². The lowest BCUT2D eigenvalue weighted by molar-refractivity contribution is 0.103. The molecule has 0 aliphatic rings. The molecule has 0 aliphatic carbocycles. The number of carbonyl (C=O) groups excluding carboxylic acids is 1. The van der Waals surface area contributed by atoms with Crippen molar-refractivity contribution in [1.29, 1.82) is 0 Å². The maximum absolute atomic E-state index is 12.8. The molecular weight excluding hydrogens is 420 g/mol. The normalized spacial score (nSPS) is 11.0. The van der Waals surface area contributed by atoms with Crippen molar-refractivity contribution in [3.05, 3.63) is 120 Å². The molecule has 6 heteroatoms. The van der Waals surface area contributed by atoms with Gasteiger partial charge in [0.2, 0.25) is 0 Å². The van der Waals surface area contributed by atoms with Crippen molar-refractivity contribution in [2.45, 2.75) is 11.8 Å². The van der Waals surface area contributed by atoms with Crippen LogP contribution in [-0.2, 0) is 10.0 Å². The van der Waals surface area contributed by atoms with Gasteiger partial charge < -0.3 is 5.32 Å². The molecule has 0 saturated carbocycles. The molecule has 0 radical (unpaired) electrons. The number of ketones is 1. The fourth-order valence-electron chi connectivity index (χ4n) is 3.22. The first-order valence-electron chi connectivity index (χ1n) is 10.1. The maximum atomic E-state index is 12.8. The molecule has 0 unspecified atom stereocenters. The molecule has 4 aromatic carbocycles. The Morgan fingerprint density at radius 1 is 0.656 bits per heavy atom. The van der Waals surface area contributed by atoms with Gasteiger partial charge in [-0.2, -0.15) is 0 Å². The van der Waals surface area contributed by atoms with Crippen molar-refractivity contribution in [2.24, 2.45) is 0 Å². The van der Waals surface area contributed by atoms with E-state index in [9.17, 15) is 13.2 Å². The fourth-order valence-corrected chi connectivity index (χ4v) is 4.30. The van der Waals surface area contributed by atoms with Gasteiger partial charge in [0, 0.05) is 16.8 Å². The summed E-state index contributed by atoms with van der Waals surface area (Å²) in [6.07, 6.45) is 0. The summed E-state index contributed by atoms with van der Waals surface area (Å²) < 4.78 is 28.2. The molecule has 0 aromatic heterocycles. The summed E-state index contributed by atoms with van der Waals surface area (Å²) in [5.74, 6) is -0.0524. The third-order valence-electron chi connectivity index (χ3n) is 4.96. The van der Waals surface area contributed by atoms with Gasteiger partial charge in [-0.15, -0.1) is 0 Å². The zero-order valence-corrected chi connectivity index (χ0v) is 18.3. The molecule has 5 nitrogen and oxygen atoms in total. The van der Waals surface area contributed by atoms with Crippen molar-refractivity contribution in [1.82, 2.24) is 0 Å². The highest BCUT2D eigenvalue weighted by Crippen LogP contribution is 2.28. The third-order valence-corrected chi connectivity index (χ3v) is 6.35. The van der Waals surface area contributed by atoms with E-state index in [1.54, 1.807) is 78.9 Å². The van der Waals surface area contributed by atoms with Crippen LogP contribution in [-0.4, -0.2) is 14.2 Å². The van der Waals surface area contributed by atoms with E-state index in [-0.39, 0.29) is 10.7 Å². The highest BCUT2D eigenvalue weighted by molar-refractivity contribution is 7.92. The monoisotopic (exact) mass is 442 g/mol. The molecular formula is C26H22N2O3S. The van der Waals surface area contributed by atoms with Crippen LogP contribution in [0.1, 0.15) is 21.5 Å². The molecule has 0 bridgehead atoms. The summed E-state index contributed by atoms with van der Waals surface area (Å²) in [6, 6.07) is 29.9. The number of sulfonamides is 1. The Morgan fingerprint density at radius 3 is 1.88 bits per heavy atom. The van der Waals surface area contributed by atoms with E-state index in [1.807, 2.05) is 31.2 Å². The number of rotatable bonds is 7. The zero-order valence-electron chi connectivity index (χ0n) is 17.4. The van der Waals surface area contributed by atoms with E-state index in [4.69, 9.17) is 0 Å². The van der Waals surface area contributed by atoms with Crippen LogP contribution in [0.3, 0.4) is 0 Å². The average Bonchev–Trinajstić information content (AvgIpc) is 2.81. The standard InChI is InChI=1S/C26H22N2O3S/c1-19-11-17-23(18-12-19)32(30,31)28-25-10-6-5-9-24(25)27-22-15-13-21(14-16-22)26(29)20-7-3-2-4-8-20/h2-18,27-28H,1H3. The van der Waals surface area contributed by atoms with E-state index < -0.39 is 10.0 Å². The fraction of sp³-hybridized carbons (Fsp3) is 0.0385. The molecule has 0 aliphatic heterocycles. The second-order valence-corrected chi connectivity index (χ2v) is 9.04. The number of anilines is 3. The molecule has 32 heavy (non-hydrogen) atoms. The summed E-state index contributed by atoms with van der Waals surface area (Å²) in [7, 11) is -3.73. The first kappa shape index (κ1) is 21.3. The Labute approximate surface area is 187 Å². The lowest BCUT2D eigenvalue weighted by Gasteiger charge is -2.14. The highest BCUT2D eigenvalue weighted by Gasteiger charge is 2.16. The van der Waals surface area contributed by atoms with Crippen molar-refractivity contribution in [3.8, 4) is 0 Å². The number of aryl methyl sites for hydroxylation is 1. The number of hydrogen-bond acceptors (Lipinski definition) is 4. The Hall–Kier alpha value is -3.90. The Kier molecular flexibility index (Phi) is 6.05. The first-order valence-corrected chi connectivity index (χ1v) is 11.6. The SMILES string of the molecule is Cc1ccc(S(=O)(=O)Nc2ccccc2Nc2ccc(C(=O)c3ccccc3)cc2)cc1. The van der Waals surface area contributed by atoms with Gasteiger partial charge in [-0.1, -0.05) is 60.2 Å². The minimum atomic E-state index is -3.73. The third kappa shape index (κ3) is 4.87. The van der Waals surface area contributed by atoms with Gasteiger partial charge in [0.05, 0.1) is 16.3 Å². The quantitative estimate of drug-likeness (QED) is 0.356. The lowest BCUT2D eigenvalue weighted by atomic mass is 10.0. The highest BCUT2D eigenvalue weighted by atomic mass is 32.2. The minimum absolute atomic E-state index is 0.0524. The molecule has 0 atom stereocenters. The van der Waals surface area contributed by atoms with Gasteiger partial charge in [-0.25, -0.2) is 8.42 Å². The first-order chi connectivity index (χ1) is 15.4. The van der Waals surface area contributed by atoms with Gasteiger partial charge in [0.15, 0.2) is 5.78 Å². The topological polar surface area (TPSA) is 75.3 Å². The molecule has 0 heterocycles. The van der Waals surface area contributed by atoms with Gasteiger partial charge in [0.1, 0.15) is 0 Å². The van der Waals surface area contributed by atoms with Crippen molar-refractivity contribution >= 4 is 32.9 Å². The molecule has 4 rings (SSSR count). The molecule has 0 amide bonds. The van der Waals surface area contributed by atoms with Crippen LogP contribution in [0.5, 0.6) is 0 Å². The van der Waals surface area contributed by atoms with E-state index in [0.717, 1.165) is 11.3 Å². The summed E-state index contributed by atoms with van der Waals surface area (Å²) in [6.45, 7) is 1.90. The molecule has 2 N–H and O–H groups in total. The predicted molar refractivity (Wildman–Crippen MR) is 128 cm³/mol. The van der Waals surface area contributed by atoms with Crippen molar-refractivity contribution < 1.29 is 13.2 Å². The number of para-hydroxylation sites is 2. The van der Waals surface area contributed by atoms with Crippen LogP contribution in [0, 0.1) is 6.92 Å². The summed E-state index contributed by atoms with van der Waals surface area (Å²) >= 11 is 0. The Morgan fingerprint density at radius 2 is 1.22 bits per heavy atom. The summed E-state index contributed by atoms with van der Waals surface area (Å²) in [5.41, 5.74) is 3.96. The van der Waals surface area contributed by atoms with Gasteiger partial charge in [-0.3, -0.25) is 9.52 Å². The average molecular weight is 443 g/mol. The Balaban J connectivity index is 1.53. The smallest absolute Gasteiger partial charge is 0.261 e. The number of hydrogen-bond donors (Lipinski definition) is 2. The van der Waals surface area contributed by atoms with Crippen LogP contribution in [0.15, 0.2) is 108 Å². The largest absolute Gasteiger partial charge is 0.354 e. The number of carbonyl (C=O) groups is 1. The maximum Gasteiger partial charge on any atom is 0.261 e. The Bertz CT molecular complexity index is 1330. The molecule has 0 fully saturated rings. The van der Waals surface area contributed by atoms with E-state index in [2.05, 4.69) is 10.0 Å². The van der Waals surface area contributed by atoms with Gasteiger partial charge in [-0.05, 0) is 55.5 Å². The van der Waals surface area contributed by atoms with Gasteiger partial charge >= 0.3 is 0 Å². The minimum Gasteiger partial charge on any atom is -0.354 e. The van der Waals surface area contributed by atoms with E-state index >= 15 is 0 Å².